The van der Waals surface area contributed by atoms with Gasteiger partial charge in [-0.25, -0.2) is 9.97 Å². The van der Waals surface area contributed by atoms with E-state index < -0.39 is 0 Å². The molecule has 0 bridgehead atoms. The molecular weight excluding hydrogens is 302 g/mol. The van der Waals surface area contributed by atoms with Crippen LogP contribution in [0, 0.1) is 0 Å². The number of anilines is 3. The van der Waals surface area contributed by atoms with Gasteiger partial charge in [-0.2, -0.15) is 0 Å². The number of benzene rings is 1. The predicted octanol–water partition coefficient (Wildman–Crippen LogP) is 3.06. The fraction of sp³-hybridized carbons (Fsp3) is 0.444. The minimum absolute atomic E-state index is 0.632. The van der Waals surface area contributed by atoms with Crippen molar-refractivity contribution in [1.29, 1.82) is 0 Å². The molecule has 3 rings (SSSR count). The van der Waals surface area contributed by atoms with E-state index in [1.165, 1.54) is 25.7 Å². The Kier molecular flexibility index (Phi) is 5.36. The first-order valence-corrected chi connectivity index (χ1v) is 8.50. The van der Waals surface area contributed by atoms with Crippen molar-refractivity contribution in [3.8, 4) is 5.75 Å². The van der Waals surface area contributed by atoms with Gasteiger partial charge in [-0.15, -0.1) is 0 Å². The summed E-state index contributed by atoms with van der Waals surface area (Å²) in [6, 6.07) is 7.95. The number of ether oxygens (including phenoxy) is 1. The maximum atomic E-state index is 6.33. The molecule has 3 N–H and O–H groups in total. The van der Waals surface area contributed by atoms with Crippen LogP contribution >= 0.6 is 0 Å². The number of nitrogens with two attached hydrogens (primary N) is 1. The average molecular weight is 327 g/mol. The van der Waals surface area contributed by atoms with Crippen molar-refractivity contribution in [3.63, 3.8) is 0 Å². The molecule has 1 fully saturated rings. The Morgan fingerprint density at radius 3 is 2.46 bits per heavy atom. The Morgan fingerprint density at radius 2 is 1.79 bits per heavy atom. The molecule has 2 aromatic rings. The lowest BCUT2D eigenvalue weighted by molar-refractivity contribution is 0.414. The fourth-order valence-corrected chi connectivity index (χ4v) is 2.99. The highest BCUT2D eigenvalue weighted by molar-refractivity contribution is 5.74. The predicted molar refractivity (Wildman–Crippen MR) is 97.4 cm³/mol. The number of rotatable bonds is 5. The van der Waals surface area contributed by atoms with Gasteiger partial charge in [-0.3, -0.25) is 0 Å². The highest BCUT2D eigenvalue weighted by Crippen LogP contribution is 2.28. The molecule has 0 amide bonds. The fourth-order valence-electron chi connectivity index (χ4n) is 2.99. The second-order valence-corrected chi connectivity index (χ2v) is 6.06. The van der Waals surface area contributed by atoms with E-state index >= 15 is 0 Å². The number of hydrogen-bond donors (Lipinski definition) is 2. The molecular formula is C18H25N5O. The van der Waals surface area contributed by atoms with Gasteiger partial charge in [0.2, 0.25) is 0 Å². The van der Waals surface area contributed by atoms with Gasteiger partial charge in [0.15, 0.2) is 11.6 Å². The van der Waals surface area contributed by atoms with Crippen molar-refractivity contribution in [3.05, 3.63) is 36.2 Å². The van der Waals surface area contributed by atoms with Gasteiger partial charge < -0.3 is 20.7 Å². The Balaban J connectivity index is 1.70. The van der Waals surface area contributed by atoms with Gasteiger partial charge in [-0.05, 0) is 30.5 Å². The second-order valence-electron chi connectivity index (χ2n) is 6.06. The average Bonchev–Trinajstić information content (AvgIpc) is 2.90. The van der Waals surface area contributed by atoms with E-state index in [9.17, 15) is 0 Å². The molecule has 6 heteroatoms. The zero-order valence-corrected chi connectivity index (χ0v) is 14.2. The van der Waals surface area contributed by atoms with Crippen LogP contribution in [0.4, 0.5) is 17.3 Å². The van der Waals surface area contributed by atoms with Crippen LogP contribution in [-0.2, 0) is 6.54 Å². The van der Waals surface area contributed by atoms with Gasteiger partial charge in [0.25, 0.3) is 0 Å². The van der Waals surface area contributed by atoms with Crippen LogP contribution < -0.4 is 20.7 Å². The van der Waals surface area contributed by atoms with Crippen molar-refractivity contribution in [1.82, 2.24) is 9.97 Å². The quantitative estimate of drug-likeness (QED) is 0.879. The number of methoxy groups -OCH3 is 1. The van der Waals surface area contributed by atoms with Gasteiger partial charge >= 0.3 is 0 Å². The second kappa shape index (κ2) is 7.86. The van der Waals surface area contributed by atoms with Crippen molar-refractivity contribution >= 4 is 17.3 Å². The molecule has 0 atom stereocenters. The highest BCUT2D eigenvalue weighted by atomic mass is 16.5. The summed E-state index contributed by atoms with van der Waals surface area (Å²) in [7, 11) is 1.67. The van der Waals surface area contributed by atoms with E-state index in [0.717, 1.165) is 30.2 Å². The van der Waals surface area contributed by atoms with Crippen molar-refractivity contribution < 1.29 is 4.74 Å². The summed E-state index contributed by atoms with van der Waals surface area (Å²) in [5, 5.41) is 3.32. The summed E-state index contributed by atoms with van der Waals surface area (Å²) in [6.07, 6.45) is 6.54. The maximum absolute atomic E-state index is 6.33. The molecule has 2 heterocycles. The number of hydrogen-bond acceptors (Lipinski definition) is 6. The Labute approximate surface area is 143 Å². The van der Waals surface area contributed by atoms with E-state index in [-0.39, 0.29) is 0 Å². The summed E-state index contributed by atoms with van der Waals surface area (Å²) in [6.45, 7) is 2.68. The Morgan fingerprint density at radius 1 is 1.08 bits per heavy atom. The summed E-state index contributed by atoms with van der Waals surface area (Å²) < 4.78 is 5.18. The van der Waals surface area contributed by atoms with Crippen LogP contribution in [0.3, 0.4) is 0 Å². The van der Waals surface area contributed by atoms with Crippen molar-refractivity contribution in [2.24, 2.45) is 0 Å². The Hall–Kier alpha value is -2.50. The standard InChI is InChI=1S/C18H25N5O/c1-24-15-8-6-14(7-9-15)12-20-17-16(19)18(22-13-21-17)23-10-4-2-3-5-11-23/h6-9,13H,2-5,10-12,19H2,1H3,(H,20,21,22). The summed E-state index contributed by atoms with van der Waals surface area (Å²) in [4.78, 5) is 11.0. The monoisotopic (exact) mass is 327 g/mol. The Bertz CT molecular complexity index is 651. The lowest BCUT2D eigenvalue weighted by atomic mass is 10.2. The zero-order chi connectivity index (χ0) is 16.8. The van der Waals surface area contributed by atoms with E-state index in [4.69, 9.17) is 10.5 Å². The molecule has 0 unspecified atom stereocenters. The van der Waals surface area contributed by atoms with Crippen molar-refractivity contribution in [2.75, 3.05) is 36.1 Å². The van der Waals surface area contributed by atoms with Crippen molar-refractivity contribution in [2.45, 2.75) is 32.2 Å². The first kappa shape index (κ1) is 16.4. The van der Waals surface area contributed by atoms with Crippen LogP contribution in [0.5, 0.6) is 5.75 Å². The number of nitrogens with one attached hydrogen (secondary N) is 1. The van der Waals surface area contributed by atoms with Gasteiger partial charge in [-0.1, -0.05) is 25.0 Å². The zero-order valence-electron chi connectivity index (χ0n) is 14.2. The highest BCUT2D eigenvalue weighted by Gasteiger charge is 2.16. The van der Waals surface area contributed by atoms with Gasteiger partial charge in [0.05, 0.1) is 7.11 Å². The molecule has 1 aromatic heterocycles. The van der Waals surface area contributed by atoms with E-state index in [1.54, 1.807) is 13.4 Å². The first-order valence-electron chi connectivity index (χ1n) is 8.50. The van der Waals surface area contributed by atoms with E-state index in [2.05, 4.69) is 20.2 Å². The molecule has 6 nitrogen and oxygen atoms in total. The summed E-state index contributed by atoms with van der Waals surface area (Å²) in [5.74, 6) is 2.40. The third kappa shape index (κ3) is 3.88. The van der Waals surface area contributed by atoms with E-state index in [0.29, 0.717) is 18.1 Å². The number of aromatic nitrogens is 2. The topological polar surface area (TPSA) is 76.3 Å². The summed E-state index contributed by atoms with van der Waals surface area (Å²) >= 11 is 0. The summed E-state index contributed by atoms with van der Waals surface area (Å²) in [5.41, 5.74) is 8.10. The van der Waals surface area contributed by atoms with Crippen LogP contribution in [0.1, 0.15) is 31.2 Å². The number of nitrogens with zero attached hydrogens (tertiary/aromatic N) is 3. The van der Waals surface area contributed by atoms with Crippen LogP contribution in [-0.4, -0.2) is 30.2 Å². The lowest BCUT2D eigenvalue weighted by Crippen LogP contribution is -2.26. The van der Waals surface area contributed by atoms with Crippen LogP contribution in [0.15, 0.2) is 30.6 Å². The molecule has 0 aliphatic carbocycles. The third-order valence-corrected chi connectivity index (χ3v) is 4.39. The maximum Gasteiger partial charge on any atom is 0.157 e. The molecule has 24 heavy (non-hydrogen) atoms. The molecule has 0 radical (unpaired) electrons. The smallest absolute Gasteiger partial charge is 0.157 e. The molecule has 1 aliphatic rings. The third-order valence-electron chi connectivity index (χ3n) is 4.39. The first-order chi connectivity index (χ1) is 11.8. The molecule has 128 valence electrons. The molecule has 1 saturated heterocycles. The minimum Gasteiger partial charge on any atom is -0.497 e. The molecule has 0 saturated carbocycles. The normalized spacial score (nSPS) is 15.0. The molecule has 1 aromatic carbocycles. The number of nitrogen functional groups attached to an aromatic ring is 1. The lowest BCUT2D eigenvalue weighted by Gasteiger charge is -2.23. The van der Waals surface area contributed by atoms with E-state index in [1.807, 2.05) is 24.3 Å². The minimum atomic E-state index is 0.632. The largest absolute Gasteiger partial charge is 0.497 e. The SMILES string of the molecule is COc1ccc(CNc2ncnc(N3CCCCCC3)c2N)cc1. The van der Waals surface area contributed by atoms with Crippen LogP contribution in [0.2, 0.25) is 0 Å². The van der Waals surface area contributed by atoms with Crippen LogP contribution in [0.25, 0.3) is 0 Å². The van der Waals surface area contributed by atoms with Gasteiger partial charge in [0, 0.05) is 19.6 Å². The van der Waals surface area contributed by atoms with Gasteiger partial charge in [0.1, 0.15) is 17.8 Å². The molecule has 1 aliphatic heterocycles. The molecule has 0 spiro atoms.